The van der Waals surface area contributed by atoms with E-state index in [0.29, 0.717) is 22.4 Å². The highest BCUT2D eigenvalue weighted by Crippen LogP contribution is 2.21. The molecule has 2 rings (SSSR count). The lowest BCUT2D eigenvalue weighted by Crippen LogP contribution is -2.53. The number of hydrogen-bond donors (Lipinski definition) is 1. The van der Waals surface area contributed by atoms with Crippen molar-refractivity contribution in [3.05, 3.63) is 22.8 Å². The Morgan fingerprint density at radius 2 is 2.24 bits per heavy atom. The van der Waals surface area contributed by atoms with Crippen LogP contribution in [0.15, 0.2) is 12.3 Å². The first-order chi connectivity index (χ1) is 10.1. The summed E-state index contributed by atoms with van der Waals surface area (Å²) in [5.74, 6) is 0.680. The number of rotatable bonds is 4. The molecule has 1 aliphatic rings. The number of carbonyl (C=O) groups excluding carboxylic acids is 1. The largest absolute Gasteiger partial charge is 0.370 e. The summed E-state index contributed by atoms with van der Waals surface area (Å²) in [6.45, 7) is 7.28. The van der Waals surface area contributed by atoms with E-state index in [1.54, 1.807) is 12.3 Å². The molecule has 0 saturated carbocycles. The van der Waals surface area contributed by atoms with Crippen LogP contribution in [-0.2, 0) is 0 Å². The van der Waals surface area contributed by atoms with Crippen LogP contribution in [0.5, 0.6) is 0 Å². The van der Waals surface area contributed by atoms with Crippen LogP contribution in [0.25, 0.3) is 0 Å². The van der Waals surface area contributed by atoms with Gasteiger partial charge < -0.3 is 10.2 Å². The Bertz CT molecular complexity index is 508. The van der Waals surface area contributed by atoms with Gasteiger partial charge in [0.2, 0.25) is 0 Å². The van der Waals surface area contributed by atoms with Gasteiger partial charge in [0.25, 0.3) is 5.91 Å². The summed E-state index contributed by atoms with van der Waals surface area (Å²) in [4.78, 5) is 21.1. The third-order valence-electron chi connectivity index (χ3n) is 3.98. The van der Waals surface area contributed by atoms with Gasteiger partial charge in [-0.15, -0.1) is 0 Å². The zero-order valence-electron chi connectivity index (χ0n) is 12.9. The van der Waals surface area contributed by atoms with Crippen molar-refractivity contribution in [3.8, 4) is 0 Å². The van der Waals surface area contributed by atoms with Crippen molar-refractivity contribution in [2.24, 2.45) is 0 Å². The van der Waals surface area contributed by atoms with Crippen molar-refractivity contribution in [2.45, 2.75) is 26.3 Å². The average Bonchev–Trinajstić information content (AvgIpc) is 2.49. The average molecular weight is 311 g/mol. The number of piperazine rings is 1. The smallest absolute Gasteiger partial charge is 0.255 e. The first kappa shape index (κ1) is 16.0. The molecule has 0 radical (unpaired) electrons. The van der Waals surface area contributed by atoms with Crippen LogP contribution >= 0.6 is 11.6 Å². The first-order valence-electron chi connectivity index (χ1n) is 7.45. The number of nitrogens with one attached hydrogen (secondary N) is 1. The summed E-state index contributed by atoms with van der Waals surface area (Å²) in [7, 11) is 2.11. The van der Waals surface area contributed by atoms with Crippen LogP contribution in [0.1, 0.15) is 30.6 Å². The molecule has 1 amide bonds. The lowest BCUT2D eigenvalue weighted by Gasteiger charge is -2.39. The Labute approximate surface area is 131 Å². The van der Waals surface area contributed by atoms with Crippen molar-refractivity contribution in [2.75, 3.05) is 38.5 Å². The van der Waals surface area contributed by atoms with Crippen LogP contribution in [0.2, 0.25) is 5.02 Å². The highest BCUT2D eigenvalue weighted by Gasteiger charge is 2.27. The second-order valence-electron chi connectivity index (χ2n) is 5.37. The normalized spacial score (nSPS) is 19.6. The first-order valence-corrected chi connectivity index (χ1v) is 7.83. The van der Waals surface area contributed by atoms with E-state index in [2.05, 4.69) is 29.2 Å². The molecule has 1 N–H and O–H groups in total. The fourth-order valence-electron chi connectivity index (χ4n) is 2.62. The van der Waals surface area contributed by atoms with Gasteiger partial charge in [-0.05, 0) is 26.5 Å². The van der Waals surface area contributed by atoms with E-state index in [-0.39, 0.29) is 5.91 Å². The van der Waals surface area contributed by atoms with Crippen molar-refractivity contribution < 1.29 is 4.79 Å². The minimum absolute atomic E-state index is 0.00639. The molecule has 1 atom stereocenters. The fraction of sp³-hybridized carbons (Fsp3) is 0.600. The zero-order valence-corrected chi connectivity index (χ0v) is 13.7. The Morgan fingerprint density at radius 3 is 2.90 bits per heavy atom. The molecule has 0 aromatic carbocycles. The molecular formula is C15H23ClN4O. The molecule has 1 aliphatic heterocycles. The number of amides is 1. The predicted molar refractivity (Wildman–Crippen MR) is 86.0 cm³/mol. The minimum atomic E-state index is -0.00639. The Morgan fingerprint density at radius 1 is 1.48 bits per heavy atom. The lowest BCUT2D eigenvalue weighted by molar-refractivity contribution is 0.0542. The summed E-state index contributed by atoms with van der Waals surface area (Å²) in [5.41, 5.74) is 0.530. The Hall–Kier alpha value is -1.33. The number of likely N-dealkylation sites (N-methyl/N-ethyl adjacent to an activating group) is 1. The van der Waals surface area contributed by atoms with E-state index in [9.17, 15) is 4.79 Å². The van der Waals surface area contributed by atoms with Gasteiger partial charge in [0, 0.05) is 38.4 Å². The van der Waals surface area contributed by atoms with E-state index >= 15 is 0 Å². The van der Waals surface area contributed by atoms with Crippen LogP contribution < -0.4 is 5.32 Å². The standard InChI is InChI=1S/C15H23ClN4O/c1-4-11-10-20(7-6-19(11)3)15(21)12-8-14(17-5-2)18-9-13(12)16/h8-9,11H,4-7,10H2,1-3H3,(H,17,18). The molecule has 0 aliphatic carbocycles. The lowest BCUT2D eigenvalue weighted by atomic mass is 10.1. The van der Waals surface area contributed by atoms with Gasteiger partial charge in [0.1, 0.15) is 5.82 Å². The maximum Gasteiger partial charge on any atom is 0.255 e. The van der Waals surface area contributed by atoms with Gasteiger partial charge in [0.05, 0.1) is 10.6 Å². The van der Waals surface area contributed by atoms with Crippen molar-refractivity contribution in [3.63, 3.8) is 0 Å². The molecule has 5 nitrogen and oxygen atoms in total. The summed E-state index contributed by atoms with van der Waals surface area (Å²) < 4.78 is 0. The summed E-state index contributed by atoms with van der Waals surface area (Å²) >= 11 is 6.16. The Kier molecular flexibility index (Phi) is 5.42. The molecule has 1 saturated heterocycles. The van der Waals surface area contributed by atoms with E-state index < -0.39 is 0 Å². The highest BCUT2D eigenvalue weighted by atomic mass is 35.5. The van der Waals surface area contributed by atoms with Crippen molar-refractivity contribution in [1.29, 1.82) is 0 Å². The number of hydrogen-bond acceptors (Lipinski definition) is 4. The molecular weight excluding hydrogens is 288 g/mol. The molecule has 1 fully saturated rings. The summed E-state index contributed by atoms with van der Waals surface area (Å²) in [5, 5.41) is 3.52. The topological polar surface area (TPSA) is 48.5 Å². The quantitative estimate of drug-likeness (QED) is 0.927. The van der Waals surface area contributed by atoms with Gasteiger partial charge in [0.15, 0.2) is 0 Å². The summed E-state index contributed by atoms with van der Waals surface area (Å²) in [6.07, 6.45) is 2.58. The molecule has 1 aromatic heterocycles. The number of nitrogens with zero attached hydrogens (tertiary/aromatic N) is 3. The van der Waals surface area contributed by atoms with Crippen LogP contribution in [0.3, 0.4) is 0 Å². The number of pyridine rings is 1. The number of anilines is 1. The highest BCUT2D eigenvalue weighted by molar-refractivity contribution is 6.33. The second-order valence-corrected chi connectivity index (χ2v) is 5.78. The van der Waals surface area contributed by atoms with Crippen LogP contribution in [-0.4, -0.2) is 60.0 Å². The maximum atomic E-state index is 12.7. The molecule has 2 heterocycles. The van der Waals surface area contributed by atoms with E-state index in [4.69, 9.17) is 11.6 Å². The molecule has 1 aromatic rings. The molecule has 0 spiro atoms. The Balaban J connectivity index is 2.17. The molecule has 0 bridgehead atoms. The number of aromatic nitrogens is 1. The van der Waals surface area contributed by atoms with Crippen molar-refractivity contribution >= 4 is 23.3 Å². The van der Waals surface area contributed by atoms with Crippen LogP contribution in [0.4, 0.5) is 5.82 Å². The van der Waals surface area contributed by atoms with Gasteiger partial charge in [-0.2, -0.15) is 0 Å². The number of halogens is 1. The van der Waals surface area contributed by atoms with Gasteiger partial charge in [-0.3, -0.25) is 9.69 Å². The van der Waals surface area contributed by atoms with Gasteiger partial charge >= 0.3 is 0 Å². The molecule has 21 heavy (non-hydrogen) atoms. The van der Waals surface area contributed by atoms with Crippen molar-refractivity contribution in [1.82, 2.24) is 14.8 Å². The minimum Gasteiger partial charge on any atom is -0.370 e. The van der Waals surface area contributed by atoms with E-state index in [1.807, 2.05) is 11.8 Å². The molecule has 1 unspecified atom stereocenters. The molecule has 116 valence electrons. The maximum absolute atomic E-state index is 12.7. The summed E-state index contributed by atoms with van der Waals surface area (Å²) in [6, 6.07) is 2.16. The molecule has 6 heteroatoms. The van der Waals surface area contributed by atoms with Gasteiger partial charge in [-0.25, -0.2) is 4.98 Å². The van der Waals surface area contributed by atoms with E-state index in [0.717, 1.165) is 32.6 Å². The van der Waals surface area contributed by atoms with Crippen LogP contribution in [0, 0.1) is 0 Å². The number of carbonyl (C=O) groups is 1. The van der Waals surface area contributed by atoms with E-state index in [1.165, 1.54) is 0 Å². The van der Waals surface area contributed by atoms with Gasteiger partial charge in [-0.1, -0.05) is 18.5 Å². The SMILES string of the molecule is CCNc1cc(C(=O)N2CCN(C)C(CC)C2)c(Cl)cn1. The third-order valence-corrected chi connectivity index (χ3v) is 4.28. The zero-order chi connectivity index (χ0) is 15.4. The second kappa shape index (κ2) is 7.09. The monoisotopic (exact) mass is 310 g/mol. The fourth-order valence-corrected chi connectivity index (χ4v) is 2.81. The third kappa shape index (κ3) is 3.66. The predicted octanol–water partition coefficient (Wildman–Crippen LogP) is 2.33.